The van der Waals surface area contributed by atoms with Crippen LogP contribution in [0.3, 0.4) is 0 Å². The first-order valence-electron chi connectivity index (χ1n) is 9.77. The second-order valence-corrected chi connectivity index (χ2v) is 10.4. The van der Waals surface area contributed by atoms with Crippen molar-refractivity contribution >= 4 is 15.9 Å². The summed E-state index contributed by atoms with van der Waals surface area (Å²) in [5, 5.41) is 2.97. The Morgan fingerprint density at radius 3 is 2.22 bits per heavy atom. The van der Waals surface area contributed by atoms with Gasteiger partial charge in [0.15, 0.2) is 6.54 Å². The predicted octanol–water partition coefficient (Wildman–Crippen LogP) is 0.788. The molecule has 1 aromatic carbocycles. The van der Waals surface area contributed by atoms with Crippen molar-refractivity contribution in [2.24, 2.45) is 0 Å². The van der Waals surface area contributed by atoms with Crippen LogP contribution < -0.4 is 10.2 Å². The van der Waals surface area contributed by atoms with Crippen LogP contribution >= 0.6 is 0 Å². The molecule has 0 bridgehead atoms. The van der Waals surface area contributed by atoms with E-state index in [1.165, 1.54) is 4.31 Å². The van der Waals surface area contributed by atoms with Crippen LogP contribution in [0.15, 0.2) is 29.2 Å². The number of benzene rings is 1. The van der Waals surface area contributed by atoms with Crippen LogP contribution in [-0.4, -0.2) is 57.4 Å². The first-order valence-corrected chi connectivity index (χ1v) is 11.2. The molecule has 1 atom stereocenters. The fraction of sp³-hybridized carbons (Fsp3) is 0.650. The number of hydrogen-bond acceptors (Lipinski definition) is 3. The second-order valence-electron chi connectivity index (χ2n) is 8.48. The topological polar surface area (TPSA) is 70.9 Å². The maximum atomic E-state index is 12.9. The van der Waals surface area contributed by atoms with Gasteiger partial charge < -0.3 is 10.2 Å². The van der Waals surface area contributed by atoms with Crippen LogP contribution in [0.25, 0.3) is 0 Å². The van der Waals surface area contributed by atoms with E-state index in [9.17, 15) is 13.2 Å². The van der Waals surface area contributed by atoms with E-state index in [0.29, 0.717) is 37.6 Å². The maximum absolute atomic E-state index is 12.9. The van der Waals surface area contributed by atoms with Crippen LogP contribution in [0.2, 0.25) is 0 Å². The summed E-state index contributed by atoms with van der Waals surface area (Å²) in [4.78, 5) is 13.5. The van der Waals surface area contributed by atoms with Crippen molar-refractivity contribution < 1.29 is 18.1 Å². The minimum absolute atomic E-state index is 0.00682. The van der Waals surface area contributed by atoms with Crippen LogP contribution in [-0.2, 0) is 20.2 Å². The van der Waals surface area contributed by atoms with Crippen molar-refractivity contribution in [1.82, 2.24) is 9.62 Å². The number of amides is 1. The van der Waals surface area contributed by atoms with E-state index >= 15 is 0 Å². The standard InChI is InChI=1S/C20H33N3O3S/c1-6-16(2)21-19(24)15-22-11-13-23(14-12-22)27(25,26)18-9-7-17(8-10-18)20(3,4)5/h7-10,16H,6,11-15H2,1-5H3,(H,21,24)/p+1/t16-/m1/s1. The van der Waals surface area contributed by atoms with Gasteiger partial charge in [0.2, 0.25) is 10.0 Å². The Hall–Kier alpha value is -1.44. The molecule has 0 aliphatic carbocycles. The van der Waals surface area contributed by atoms with Gasteiger partial charge in [-0.2, -0.15) is 4.31 Å². The molecule has 2 N–H and O–H groups in total. The molecule has 0 spiro atoms. The van der Waals surface area contributed by atoms with E-state index in [2.05, 4.69) is 26.1 Å². The number of piperazine rings is 1. The highest BCUT2D eigenvalue weighted by molar-refractivity contribution is 7.89. The Morgan fingerprint density at radius 1 is 1.19 bits per heavy atom. The lowest BCUT2D eigenvalue weighted by Gasteiger charge is -2.31. The Morgan fingerprint density at radius 2 is 1.74 bits per heavy atom. The van der Waals surface area contributed by atoms with E-state index in [4.69, 9.17) is 0 Å². The van der Waals surface area contributed by atoms with Gasteiger partial charge in [-0.15, -0.1) is 0 Å². The van der Waals surface area contributed by atoms with Crippen molar-refractivity contribution in [3.05, 3.63) is 29.8 Å². The Kier molecular flexibility index (Phi) is 7.05. The molecule has 0 radical (unpaired) electrons. The molecule has 1 aliphatic heterocycles. The molecule has 152 valence electrons. The quantitative estimate of drug-likeness (QED) is 0.747. The molecular formula is C20H34N3O3S+. The van der Waals surface area contributed by atoms with Gasteiger partial charge in [-0.25, -0.2) is 8.42 Å². The highest BCUT2D eigenvalue weighted by Gasteiger charge is 2.31. The minimum atomic E-state index is -3.48. The second kappa shape index (κ2) is 8.71. The first-order chi connectivity index (χ1) is 12.5. The highest BCUT2D eigenvalue weighted by atomic mass is 32.2. The summed E-state index contributed by atoms with van der Waals surface area (Å²) in [5.41, 5.74) is 1.11. The minimum Gasteiger partial charge on any atom is -0.349 e. The summed E-state index contributed by atoms with van der Waals surface area (Å²) >= 11 is 0. The van der Waals surface area contributed by atoms with E-state index in [1.807, 2.05) is 26.0 Å². The zero-order valence-corrected chi connectivity index (χ0v) is 18.0. The summed E-state index contributed by atoms with van der Waals surface area (Å²) < 4.78 is 27.3. The number of carbonyl (C=O) groups is 1. The maximum Gasteiger partial charge on any atom is 0.275 e. The third kappa shape index (κ3) is 5.77. The molecule has 6 nitrogen and oxygen atoms in total. The average Bonchev–Trinajstić information content (AvgIpc) is 2.61. The normalized spacial score (nSPS) is 18.3. The monoisotopic (exact) mass is 396 g/mol. The number of sulfonamides is 1. The fourth-order valence-electron chi connectivity index (χ4n) is 3.15. The molecular weight excluding hydrogens is 362 g/mol. The predicted molar refractivity (Wildman–Crippen MR) is 107 cm³/mol. The Bertz CT molecular complexity index is 731. The number of hydrogen-bond donors (Lipinski definition) is 2. The molecule has 0 saturated carbocycles. The summed E-state index contributed by atoms with van der Waals surface area (Å²) in [6.45, 7) is 12.9. The van der Waals surface area contributed by atoms with E-state index in [0.717, 1.165) is 16.9 Å². The number of quaternary nitrogens is 1. The van der Waals surface area contributed by atoms with Gasteiger partial charge in [0, 0.05) is 6.04 Å². The highest BCUT2D eigenvalue weighted by Crippen LogP contribution is 2.24. The van der Waals surface area contributed by atoms with Gasteiger partial charge in [-0.3, -0.25) is 4.79 Å². The summed E-state index contributed by atoms with van der Waals surface area (Å²) in [5.74, 6) is 0.0356. The molecule has 27 heavy (non-hydrogen) atoms. The smallest absolute Gasteiger partial charge is 0.275 e. The molecule has 1 fully saturated rings. The van der Waals surface area contributed by atoms with Crippen LogP contribution in [0, 0.1) is 0 Å². The zero-order valence-electron chi connectivity index (χ0n) is 17.2. The van der Waals surface area contributed by atoms with Crippen LogP contribution in [0.5, 0.6) is 0 Å². The lowest BCUT2D eigenvalue weighted by Crippen LogP contribution is -3.15. The molecule has 1 amide bonds. The van der Waals surface area contributed by atoms with Crippen molar-refractivity contribution in [2.45, 2.75) is 57.4 Å². The van der Waals surface area contributed by atoms with Crippen LogP contribution in [0.1, 0.15) is 46.6 Å². The zero-order chi connectivity index (χ0) is 20.2. The molecule has 1 saturated heterocycles. The SMILES string of the molecule is CC[C@@H](C)NC(=O)C[NH+]1CCN(S(=O)(=O)c2ccc(C(C)(C)C)cc2)CC1. The lowest BCUT2D eigenvalue weighted by molar-refractivity contribution is -0.895. The first kappa shape index (κ1) is 21.9. The van der Waals surface area contributed by atoms with Gasteiger partial charge in [0.05, 0.1) is 31.1 Å². The number of nitrogens with zero attached hydrogens (tertiary/aromatic N) is 1. The van der Waals surface area contributed by atoms with Gasteiger partial charge in [0.1, 0.15) is 0 Å². The number of rotatable bonds is 6. The van der Waals surface area contributed by atoms with E-state index in [-0.39, 0.29) is 17.4 Å². The average molecular weight is 397 g/mol. The molecule has 0 unspecified atom stereocenters. The molecule has 2 rings (SSSR count). The van der Waals surface area contributed by atoms with Gasteiger partial charge in [-0.1, -0.05) is 39.8 Å². The largest absolute Gasteiger partial charge is 0.349 e. The van der Waals surface area contributed by atoms with Gasteiger partial charge >= 0.3 is 0 Å². The van der Waals surface area contributed by atoms with Crippen molar-refractivity contribution in [3.8, 4) is 0 Å². The molecule has 1 aromatic rings. The van der Waals surface area contributed by atoms with E-state index < -0.39 is 10.0 Å². The van der Waals surface area contributed by atoms with Crippen molar-refractivity contribution in [1.29, 1.82) is 0 Å². The summed E-state index contributed by atoms with van der Waals surface area (Å²) in [6, 6.07) is 7.37. The molecule has 1 aliphatic rings. The van der Waals surface area contributed by atoms with Crippen molar-refractivity contribution in [3.63, 3.8) is 0 Å². The van der Waals surface area contributed by atoms with E-state index in [1.54, 1.807) is 12.1 Å². The Labute approximate surface area is 164 Å². The van der Waals surface area contributed by atoms with Crippen LogP contribution in [0.4, 0.5) is 0 Å². The Balaban J connectivity index is 1.95. The summed E-state index contributed by atoms with van der Waals surface area (Å²) in [7, 11) is -3.48. The number of nitrogens with one attached hydrogen (secondary N) is 2. The number of carbonyl (C=O) groups excluding carboxylic acids is 1. The van der Waals surface area contributed by atoms with Crippen molar-refractivity contribution in [2.75, 3.05) is 32.7 Å². The van der Waals surface area contributed by atoms with Gasteiger partial charge in [0.25, 0.3) is 5.91 Å². The molecule has 7 heteroatoms. The lowest BCUT2D eigenvalue weighted by atomic mass is 9.87. The fourth-order valence-corrected chi connectivity index (χ4v) is 4.59. The summed E-state index contributed by atoms with van der Waals surface area (Å²) in [6.07, 6.45) is 0.904. The third-order valence-corrected chi connectivity index (χ3v) is 7.13. The van der Waals surface area contributed by atoms with Gasteiger partial charge in [-0.05, 0) is 36.5 Å². The third-order valence-electron chi connectivity index (χ3n) is 5.22. The molecule has 0 aromatic heterocycles. The molecule has 1 heterocycles.